The van der Waals surface area contributed by atoms with Crippen LogP contribution < -0.4 is 20.7 Å². The van der Waals surface area contributed by atoms with Crippen LogP contribution in [0.5, 0.6) is 5.88 Å². The lowest BCUT2D eigenvalue weighted by atomic mass is 9.86. The number of piperidine rings is 1. The molecule has 8 nitrogen and oxygen atoms in total. The fraction of sp³-hybridized carbons (Fsp3) is 0.423. The Balaban J connectivity index is 1.35. The van der Waals surface area contributed by atoms with Gasteiger partial charge >= 0.3 is 0 Å². The van der Waals surface area contributed by atoms with E-state index in [1.807, 2.05) is 24.3 Å². The van der Waals surface area contributed by atoms with Gasteiger partial charge in [-0.3, -0.25) is 4.79 Å². The van der Waals surface area contributed by atoms with E-state index in [0.717, 1.165) is 53.2 Å². The molecule has 2 aliphatic heterocycles. The number of methoxy groups -OCH3 is 1. The fourth-order valence-corrected chi connectivity index (χ4v) is 5.72. The van der Waals surface area contributed by atoms with Gasteiger partial charge in [-0.05, 0) is 62.0 Å². The zero-order chi connectivity index (χ0) is 24.2. The normalized spacial score (nSPS) is 19.6. The Hall–Kier alpha value is -2.72. The number of aromatic nitrogens is 2. The van der Waals surface area contributed by atoms with Gasteiger partial charge in [-0.25, -0.2) is 9.97 Å². The maximum Gasteiger partial charge on any atom is 0.234 e. The Labute approximate surface area is 209 Å². The average molecular weight is 494 g/mol. The number of carbonyl (C=O) groups is 1. The van der Waals surface area contributed by atoms with Gasteiger partial charge in [0, 0.05) is 23.0 Å². The van der Waals surface area contributed by atoms with Gasteiger partial charge in [0.1, 0.15) is 0 Å². The minimum Gasteiger partial charge on any atom is -0.480 e. The molecular formula is C26H31N5O3S. The van der Waals surface area contributed by atoms with Crippen LogP contribution in [0.4, 0.5) is 5.69 Å². The Morgan fingerprint density at radius 1 is 1.31 bits per heavy atom. The van der Waals surface area contributed by atoms with Crippen LogP contribution in [0, 0.1) is 5.92 Å². The number of ether oxygens (including phenoxy) is 1. The van der Waals surface area contributed by atoms with Gasteiger partial charge in [-0.1, -0.05) is 18.2 Å². The molecule has 0 aliphatic carbocycles. The van der Waals surface area contributed by atoms with Gasteiger partial charge in [0.05, 0.1) is 41.9 Å². The number of hydrogen-bond acceptors (Lipinski definition) is 8. The summed E-state index contributed by atoms with van der Waals surface area (Å²) >= 11 is 1.57. The minimum atomic E-state index is -0.696. The van der Waals surface area contributed by atoms with Gasteiger partial charge in [-0.2, -0.15) is 0 Å². The van der Waals surface area contributed by atoms with Crippen molar-refractivity contribution in [2.24, 2.45) is 5.92 Å². The molecule has 9 heteroatoms. The summed E-state index contributed by atoms with van der Waals surface area (Å²) in [6.45, 7) is 2.61. The third-order valence-electron chi connectivity index (χ3n) is 6.78. The molecule has 3 aromatic rings. The number of thioether (sulfide) groups is 1. The van der Waals surface area contributed by atoms with Gasteiger partial charge in [0.15, 0.2) is 0 Å². The molecule has 0 spiro atoms. The first-order valence-electron chi connectivity index (χ1n) is 12.1. The molecule has 35 heavy (non-hydrogen) atoms. The fourth-order valence-electron chi connectivity index (χ4n) is 4.93. The lowest BCUT2D eigenvalue weighted by Crippen LogP contribution is -2.44. The summed E-state index contributed by atoms with van der Waals surface area (Å²) in [5.41, 5.74) is 4.15. The van der Waals surface area contributed by atoms with Crippen molar-refractivity contribution >= 4 is 34.4 Å². The Bertz CT molecular complexity index is 1200. The first kappa shape index (κ1) is 24.0. The molecule has 5 rings (SSSR count). The van der Waals surface area contributed by atoms with E-state index in [9.17, 15) is 9.90 Å². The molecule has 2 aromatic carbocycles. The smallest absolute Gasteiger partial charge is 0.234 e. The highest BCUT2D eigenvalue weighted by Crippen LogP contribution is 2.33. The highest BCUT2D eigenvalue weighted by molar-refractivity contribution is 8.00. The lowest BCUT2D eigenvalue weighted by molar-refractivity contribution is -0.113. The van der Waals surface area contributed by atoms with Crippen LogP contribution >= 0.6 is 11.8 Å². The van der Waals surface area contributed by atoms with Gasteiger partial charge in [-0.15, -0.1) is 11.8 Å². The number of benzene rings is 2. The number of fused-ring (bicyclic) bond motifs is 2. The SMILES string of the molecule is COc1cnc2cccc(C(O)CC(NCc3ccc4c(c3)NC(=O)CS4)C3CCCNC3)c2n1. The van der Waals surface area contributed by atoms with Crippen molar-refractivity contribution in [3.63, 3.8) is 0 Å². The van der Waals surface area contributed by atoms with Gasteiger partial charge < -0.3 is 25.8 Å². The number of aliphatic hydroxyl groups excluding tert-OH is 1. The number of hydrogen-bond donors (Lipinski definition) is 4. The molecular weight excluding hydrogens is 462 g/mol. The molecule has 4 N–H and O–H groups in total. The predicted molar refractivity (Wildman–Crippen MR) is 138 cm³/mol. The van der Waals surface area contributed by atoms with Crippen molar-refractivity contribution in [2.75, 3.05) is 31.3 Å². The van der Waals surface area contributed by atoms with Crippen molar-refractivity contribution in [3.05, 3.63) is 53.7 Å². The second-order valence-corrected chi connectivity index (χ2v) is 10.2. The molecule has 2 aliphatic rings. The lowest BCUT2D eigenvalue weighted by Gasteiger charge is -2.33. The third-order valence-corrected chi connectivity index (χ3v) is 7.85. The monoisotopic (exact) mass is 493 g/mol. The topological polar surface area (TPSA) is 108 Å². The number of nitrogens with zero attached hydrogens (tertiary/aromatic N) is 2. The molecule has 184 valence electrons. The summed E-state index contributed by atoms with van der Waals surface area (Å²) in [7, 11) is 1.57. The van der Waals surface area contributed by atoms with E-state index in [-0.39, 0.29) is 11.9 Å². The van der Waals surface area contributed by atoms with E-state index in [1.54, 1.807) is 25.1 Å². The Morgan fingerprint density at radius 2 is 2.23 bits per heavy atom. The number of para-hydroxylation sites is 1. The van der Waals surface area contributed by atoms with Crippen molar-refractivity contribution < 1.29 is 14.6 Å². The molecule has 1 amide bonds. The quantitative estimate of drug-likeness (QED) is 0.379. The number of rotatable bonds is 8. The zero-order valence-corrected chi connectivity index (χ0v) is 20.6. The maximum atomic E-state index is 11.8. The van der Waals surface area contributed by atoms with Crippen LogP contribution in [0.15, 0.2) is 47.5 Å². The van der Waals surface area contributed by atoms with Crippen LogP contribution in [0.3, 0.4) is 0 Å². The first-order chi connectivity index (χ1) is 17.1. The summed E-state index contributed by atoms with van der Waals surface area (Å²) in [5, 5.41) is 21.5. The van der Waals surface area contributed by atoms with Crippen molar-refractivity contribution in [1.29, 1.82) is 0 Å². The molecule has 1 aromatic heterocycles. The van der Waals surface area contributed by atoms with Crippen molar-refractivity contribution in [2.45, 2.75) is 42.8 Å². The molecule has 1 fully saturated rings. The van der Waals surface area contributed by atoms with Crippen LogP contribution in [0.1, 0.15) is 36.5 Å². The second-order valence-electron chi connectivity index (χ2n) is 9.14. The number of aliphatic hydroxyl groups is 1. The molecule has 0 saturated carbocycles. The second kappa shape index (κ2) is 10.9. The highest BCUT2D eigenvalue weighted by Gasteiger charge is 2.27. The predicted octanol–water partition coefficient (Wildman–Crippen LogP) is 3.26. The summed E-state index contributed by atoms with van der Waals surface area (Å²) in [4.78, 5) is 21.9. The zero-order valence-electron chi connectivity index (χ0n) is 19.8. The summed E-state index contributed by atoms with van der Waals surface area (Å²) in [6.07, 6.45) is 3.69. The van der Waals surface area contributed by atoms with Crippen molar-refractivity contribution in [1.82, 2.24) is 20.6 Å². The molecule has 3 heterocycles. The first-order valence-corrected chi connectivity index (χ1v) is 13.1. The highest BCUT2D eigenvalue weighted by atomic mass is 32.2. The van der Waals surface area contributed by atoms with E-state index in [0.29, 0.717) is 36.0 Å². The van der Waals surface area contributed by atoms with Gasteiger partial charge in [0.25, 0.3) is 0 Å². The largest absolute Gasteiger partial charge is 0.480 e. The molecule has 0 radical (unpaired) electrons. The average Bonchev–Trinajstić information content (AvgIpc) is 2.90. The van der Waals surface area contributed by atoms with Crippen LogP contribution in [-0.2, 0) is 11.3 Å². The molecule has 3 unspecified atom stereocenters. The Kier molecular flexibility index (Phi) is 7.48. The summed E-state index contributed by atoms with van der Waals surface area (Å²) < 4.78 is 5.26. The number of amides is 1. The van der Waals surface area contributed by atoms with E-state index in [2.05, 4.69) is 38.1 Å². The number of carbonyl (C=O) groups excluding carboxylic acids is 1. The number of nitrogens with one attached hydrogen (secondary N) is 3. The van der Waals surface area contributed by atoms with Crippen molar-refractivity contribution in [3.8, 4) is 5.88 Å². The molecule has 0 bridgehead atoms. The molecule has 1 saturated heterocycles. The summed E-state index contributed by atoms with van der Waals surface area (Å²) in [6, 6.07) is 12.1. The van der Waals surface area contributed by atoms with Crippen LogP contribution in [0.25, 0.3) is 11.0 Å². The van der Waals surface area contributed by atoms with Gasteiger partial charge in [0.2, 0.25) is 11.8 Å². The Morgan fingerprint density at radius 3 is 3.06 bits per heavy atom. The molecule has 3 atom stereocenters. The minimum absolute atomic E-state index is 0.0386. The van der Waals surface area contributed by atoms with Crippen LogP contribution in [0.2, 0.25) is 0 Å². The maximum absolute atomic E-state index is 11.8. The summed E-state index contributed by atoms with van der Waals surface area (Å²) in [5.74, 6) is 1.34. The number of anilines is 1. The van der Waals surface area contributed by atoms with E-state index >= 15 is 0 Å². The third kappa shape index (κ3) is 5.59. The van der Waals surface area contributed by atoms with E-state index in [4.69, 9.17) is 4.74 Å². The van der Waals surface area contributed by atoms with E-state index < -0.39 is 6.10 Å². The van der Waals surface area contributed by atoms with E-state index in [1.165, 1.54) is 0 Å². The van der Waals surface area contributed by atoms with Crippen LogP contribution in [-0.4, -0.2) is 53.0 Å². The standard InChI is InChI=1S/C26H31N5O3S/c1-34-25-14-29-19-6-2-5-18(26(19)31-25)22(32)11-20(17-4-3-9-27-13-17)28-12-16-7-8-23-21(10-16)30-24(33)15-35-23/h2,5-8,10,14,17,20,22,27-28,32H,3-4,9,11-13,15H2,1H3,(H,30,33).